The van der Waals surface area contributed by atoms with Crippen molar-refractivity contribution in [3.8, 4) is 5.69 Å². The number of rotatable bonds is 6. The molecule has 0 bridgehead atoms. The van der Waals surface area contributed by atoms with Crippen molar-refractivity contribution in [3.05, 3.63) is 48.3 Å². The zero-order chi connectivity index (χ0) is 14.4. The molecule has 20 heavy (non-hydrogen) atoms. The molecule has 5 heteroatoms. The second-order valence-electron chi connectivity index (χ2n) is 4.58. The zero-order valence-corrected chi connectivity index (χ0v) is 11.8. The highest BCUT2D eigenvalue weighted by atomic mass is 16.2. The molecule has 2 aromatic rings. The van der Waals surface area contributed by atoms with E-state index >= 15 is 0 Å². The number of hydrogen-bond donors (Lipinski definition) is 2. The number of hydrogen-bond acceptors (Lipinski definition) is 3. The van der Waals surface area contributed by atoms with E-state index in [1.54, 1.807) is 6.20 Å². The van der Waals surface area contributed by atoms with Gasteiger partial charge < -0.3 is 10.6 Å². The molecule has 0 spiro atoms. The van der Waals surface area contributed by atoms with E-state index in [0.29, 0.717) is 13.1 Å². The summed E-state index contributed by atoms with van der Waals surface area (Å²) in [7, 11) is 0. The predicted molar refractivity (Wildman–Crippen MR) is 78.5 cm³/mol. The van der Waals surface area contributed by atoms with E-state index in [0.717, 1.165) is 11.3 Å². The van der Waals surface area contributed by atoms with E-state index in [1.807, 2.05) is 55.1 Å². The summed E-state index contributed by atoms with van der Waals surface area (Å²) in [6.07, 6.45) is 3.66. The maximum atomic E-state index is 11.7. The molecule has 0 aliphatic rings. The molecule has 0 radical (unpaired) electrons. The van der Waals surface area contributed by atoms with Gasteiger partial charge in [-0.3, -0.25) is 4.79 Å². The lowest BCUT2D eigenvalue weighted by atomic mass is 10.1. The highest BCUT2D eigenvalue weighted by Crippen LogP contribution is 2.13. The van der Waals surface area contributed by atoms with Crippen molar-refractivity contribution in [2.75, 3.05) is 6.54 Å². The third-order valence-electron chi connectivity index (χ3n) is 3.09. The van der Waals surface area contributed by atoms with Gasteiger partial charge in [0.25, 0.3) is 0 Å². The topological polar surface area (TPSA) is 59.0 Å². The summed E-state index contributed by atoms with van der Waals surface area (Å²) in [5.41, 5.74) is 2.13. The van der Waals surface area contributed by atoms with Crippen LogP contribution in [-0.2, 0) is 11.3 Å². The van der Waals surface area contributed by atoms with Gasteiger partial charge in [0.15, 0.2) is 0 Å². The Bertz CT molecular complexity index is 551. The van der Waals surface area contributed by atoms with Crippen LogP contribution in [0.15, 0.2) is 42.7 Å². The van der Waals surface area contributed by atoms with Crippen LogP contribution >= 0.6 is 0 Å². The summed E-state index contributed by atoms with van der Waals surface area (Å²) in [6.45, 7) is 5.04. The summed E-state index contributed by atoms with van der Waals surface area (Å²) in [6, 6.07) is 9.69. The Morgan fingerprint density at radius 2 is 2.15 bits per heavy atom. The van der Waals surface area contributed by atoms with E-state index < -0.39 is 0 Å². The number of nitrogens with zero attached hydrogens (tertiary/aromatic N) is 2. The average Bonchev–Trinajstić information content (AvgIpc) is 2.99. The Morgan fingerprint density at radius 3 is 2.85 bits per heavy atom. The third-order valence-corrected chi connectivity index (χ3v) is 3.09. The van der Waals surface area contributed by atoms with Gasteiger partial charge in [-0.1, -0.05) is 18.2 Å². The van der Waals surface area contributed by atoms with Gasteiger partial charge >= 0.3 is 0 Å². The molecule has 2 N–H and O–H groups in total. The fourth-order valence-corrected chi connectivity index (χ4v) is 1.98. The van der Waals surface area contributed by atoms with E-state index in [2.05, 4.69) is 15.7 Å². The number of benzene rings is 1. The largest absolute Gasteiger partial charge is 0.355 e. The van der Waals surface area contributed by atoms with E-state index in [-0.39, 0.29) is 11.9 Å². The maximum Gasteiger partial charge on any atom is 0.236 e. The molecule has 0 aliphatic heterocycles. The number of para-hydroxylation sites is 1. The molecule has 106 valence electrons. The molecule has 1 aromatic carbocycles. The first-order valence-electron chi connectivity index (χ1n) is 6.81. The Balaban J connectivity index is 2.05. The van der Waals surface area contributed by atoms with Gasteiger partial charge in [-0.05, 0) is 31.5 Å². The minimum Gasteiger partial charge on any atom is -0.355 e. The first-order chi connectivity index (χ1) is 9.72. The smallest absolute Gasteiger partial charge is 0.236 e. The quantitative estimate of drug-likeness (QED) is 0.837. The molecular formula is C15H20N4O. The lowest BCUT2D eigenvalue weighted by Crippen LogP contribution is -2.41. The molecule has 1 atom stereocenters. The van der Waals surface area contributed by atoms with E-state index in [9.17, 15) is 4.79 Å². The molecule has 0 aliphatic carbocycles. The van der Waals surface area contributed by atoms with Crippen molar-refractivity contribution in [2.45, 2.75) is 26.4 Å². The SMILES string of the molecule is CCNC(=O)C(C)NCc1ccccc1-n1cccn1. The molecule has 0 saturated carbocycles. The van der Waals surface area contributed by atoms with Crippen molar-refractivity contribution >= 4 is 5.91 Å². The van der Waals surface area contributed by atoms with Crippen LogP contribution in [0, 0.1) is 0 Å². The minimum absolute atomic E-state index is 0.0177. The summed E-state index contributed by atoms with van der Waals surface area (Å²) in [5, 5.41) is 10.3. The molecular weight excluding hydrogens is 252 g/mol. The van der Waals surface area contributed by atoms with Crippen molar-refractivity contribution < 1.29 is 4.79 Å². The fraction of sp³-hybridized carbons (Fsp3) is 0.333. The van der Waals surface area contributed by atoms with E-state index in [1.165, 1.54) is 0 Å². The first kappa shape index (κ1) is 14.3. The van der Waals surface area contributed by atoms with Crippen molar-refractivity contribution in [1.29, 1.82) is 0 Å². The van der Waals surface area contributed by atoms with Crippen molar-refractivity contribution in [2.24, 2.45) is 0 Å². The Morgan fingerprint density at radius 1 is 1.35 bits per heavy atom. The van der Waals surface area contributed by atoms with Crippen LogP contribution in [0.1, 0.15) is 19.4 Å². The lowest BCUT2D eigenvalue weighted by Gasteiger charge is -2.15. The average molecular weight is 272 g/mol. The Labute approximate surface area is 119 Å². The molecule has 1 amide bonds. The standard InChI is InChI=1S/C15H20N4O/c1-3-16-15(20)12(2)17-11-13-7-4-5-8-14(13)19-10-6-9-18-19/h4-10,12,17H,3,11H2,1-2H3,(H,16,20). The Hall–Kier alpha value is -2.14. The number of nitrogens with one attached hydrogen (secondary N) is 2. The molecule has 1 unspecified atom stereocenters. The van der Waals surface area contributed by atoms with E-state index in [4.69, 9.17) is 0 Å². The lowest BCUT2D eigenvalue weighted by molar-refractivity contribution is -0.122. The highest BCUT2D eigenvalue weighted by Gasteiger charge is 2.12. The first-order valence-corrected chi connectivity index (χ1v) is 6.81. The summed E-state index contributed by atoms with van der Waals surface area (Å²) in [4.78, 5) is 11.7. The summed E-state index contributed by atoms with van der Waals surface area (Å²) >= 11 is 0. The second-order valence-corrected chi connectivity index (χ2v) is 4.58. The Kier molecular flexibility index (Phi) is 4.90. The number of amides is 1. The number of carbonyl (C=O) groups is 1. The van der Waals surface area contributed by atoms with Gasteiger partial charge in [-0.2, -0.15) is 5.10 Å². The van der Waals surface area contributed by atoms with Crippen molar-refractivity contribution in [3.63, 3.8) is 0 Å². The minimum atomic E-state index is -0.222. The van der Waals surface area contributed by atoms with Crippen LogP contribution in [-0.4, -0.2) is 28.3 Å². The highest BCUT2D eigenvalue weighted by molar-refractivity contribution is 5.81. The number of aromatic nitrogens is 2. The van der Waals surface area contributed by atoms with Gasteiger partial charge in [0.1, 0.15) is 0 Å². The van der Waals surface area contributed by atoms with Crippen LogP contribution in [0.5, 0.6) is 0 Å². The number of carbonyl (C=O) groups excluding carboxylic acids is 1. The van der Waals surface area contributed by atoms with Crippen LogP contribution < -0.4 is 10.6 Å². The number of likely N-dealkylation sites (N-methyl/N-ethyl adjacent to an activating group) is 1. The van der Waals surface area contributed by atoms with Crippen LogP contribution in [0.4, 0.5) is 0 Å². The van der Waals surface area contributed by atoms with Gasteiger partial charge in [0.05, 0.1) is 11.7 Å². The molecule has 1 aromatic heterocycles. The third kappa shape index (κ3) is 3.45. The summed E-state index contributed by atoms with van der Waals surface area (Å²) < 4.78 is 1.83. The van der Waals surface area contributed by atoms with Gasteiger partial charge in [0.2, 0.25) is 5.91 Å². The monoisotopic (exact) mass is 272 g/mol. The van der Waals surface area contributed by atoms with Gasteiger partial charge in [0, 0.05) is 25.5 Å². The predicted octanol–water partition coefficient (Wildman–Crippen LogP) is 1.49. The molecule has 0 saturated heterocycles. The fourth-order valence-electron chi connectivity index (χ4n) is 1.98. The molecule has 2 rings (SSSR count). The summed E-state index contributed by atoms with van der Waals surface area (Å²) in [5.74, 6) is 0.0177. The second kappa shape index (κ2) is 6.86. The van der Waals surface area contributed by atoms with Crippen LogP contribution in [0.3, 0.4) is 0 Å². The normalized spacial score (nSPS) is 12.1. The van der Waals surface area contributed by atoms with Gasteiger partial charge in [-0.15, -0.1) is 0 Å². The maximum absolute atomic E-state index is 11.7. The van der Waals surface area contributed by atoms with Crippen LogP contribution in [0.2, 0.25) is 0 Å². The molecule has 5 nitrogen and oxygen atoms in total. The molecule has 1 heterocycles. The zero-order valence-electron chi connectivity index (χ0n) is 11.8. The van der Waals surface area contributed by atoms with Gasteiger partial charge in [-0.25, -0.2) is 4.68 Å². The van der Waals surface area contributed by atoms with Crippen LogP contribution in [0.25, 0.3) is 5.69 Å². The van der Waals surface area contributed by atoms with Crippen molar-refractivity contribution in [1.82, 2.24) is 20.4 Å². The molecule has 0 fully saturated rings.